The Morgan fingerprint density at radius 3 is 2.18 bits per heavy atom. The summed E-state index contributed by atoms with van der Waals surface area (Å²) in [5, 5.41) is 11.0. The predicted octanol–water partition coefficient (Wildman–Crippen LogP) is 3.63. The predicted molar refractivity (Wildman–Crippen MR) is 101 cm³/mol. The van der Waals surface area contributed by atoms with Crippen LogP contribution in [-0.2, 0) is 0 Å². The first-order valence-electron chi connectivity index (χ1n) is 8.34. The zero-order valence-electron chi connectivity index (χ0n) is 14.4. The van der Waals surface area contributed by atoms with Crippen LogP contribution in [0, 0.1) is 10.1 Å². The summed E-state index contributed by atoms with van der Waals surface area (Å²) in [5.74, 6) is -1.48. The Bertz CT molecular complexity index is 1150. The van der Waals surface area contributed by atoms with Crippen LogP contribution < -0.4 is 4.90 Å². The molecule has 0 fully saturated rings. The fourth-order valence-electron chi connectivity index (χ4n) is 3.12. The monoisotopic (exact) mass is 372 g/mol. The van der Waals surface area contributed by atoms with E-state index < -0.39 is 16.7 Å². The molecule has 7 heteroatoms. The van der Waals surface area contributed by atoms with Crippen LogP contribution in [0.1, 0.15) is 36.6 Å². The van der Waals surface area contributed by atoms with Gasteiger partial charge in [0.2, 0.25) is 0 Å². The Morgan fingerprint density at radius 2 is 1.46 bits per heavy atom. The fraction of sp³-hybridized carbons (Fsp3) is 0. The van der Waals surface area contributed by atoms with Gasteiger partial charge in [-0.3, -0.25) is 24.5 Å². The molecular formula is C21H12N2O5. The molecule has 3 aromatic carbocycles. The molecule has 0 aliphatic carbocycles. The minimum absolute atomic E-state index is 0.0287. The topological polar surface area (TPSA) is 97.6 Å². The summed E-state index contributed by atoms with van der Waals surface area (Å²) >= 11 is 0. The number of ketones is 1. The summed E-state index contributed by atoms with van der Waals surface area (Å²) in [6.07, 6.45) is 0. The largest absolute Gasteiger partial charge is 0.289 e. The number of nitrogens with zero attached hydrogens (tertiary/aromatic N) is 2. The van der Waals surface area contributed by atoms with Crippen LogP contribution in [0.15, 0.2) is 72.8 Å². The van der Waals surface area contributed by atoms with Crippen molar-refractivity contribution >= 4 is 29.0 Å². The molecule has 0 unspecified atom stereocenters. The molecule has 1 aliphatic heterocycles. The second kappa shape index (κ2) is 6.55. The summed E-state index contributed by atoms with van der Waals surface area (Å²) in [6.45, 7) is 0. The van der Waals surface area contributed by atoms with E-state index in [1.54, 1.807) is 42.5 Å². The van der Waals surface area contributed by atoms with Gasteiger partial charge in [0, 0.05) is 23.3 Å². The van der Waals surface area contributed by atoms with E-state index in [9.17, 15) is 24.5 Å². The van der Waals surface area contributed by atoms with E-state index in [0.29, 0.717) is 11.1 Å². The number of nitro benzene ring substituents is 1. The maximum Gasteiger partial charge on any atom is 0.270 e. The maximum atomic E-state index is 12.7. The van der Waals surface area contributed by atoms with Crippen LogP contribution in [0.5, 0.6) is 0 Å². The van der Waals surface area contributed by atoms with Gasteiger partial charge in [0.05, 0.1) is 21.7 Å². The van der Waals surface area contributed by atoms with Crippen molar-refractivity contribution in [1.82, 2.24) is 0 Å². The lowest BCUT2D eigenvalue weighted by molar-refractivity contribution is -0.384. The highest BCUT2D eigenvalue weighted by Gasteiger charge is 2.38. The average molecular weight is 372 g/mol. The Hall–Kier alpha value is -4.13. The quantitative estimate of drug-likeness (QED) is 0.301. The number of hydrogen-bond acceptors (Lipinski definition) is 5. The van der Waals surface area contributed by atoms with Crippen LogP contribution in [0.25, 0.3) is 0 Å². The molecule has 7 nitrogen and oxygen atoms in total. The molecule has 4 rings (SSSR count). The fourth-order valence-corrected chi connectivity index (χ4v) is 3.12. The lowest BCUT2D eigenvalue weighted by Gasteiger charge is -2.14. The van der Waals surface area contributed by atoms with Crippen LogP contribution in [-0.4, -0.2) is 22.5 Å². The number of hydrogen-bond donors (Lipinski definition) is 0. The van der Waals surface area contributed by atoms with Gasteiger partial charge in [-0.25, -0.2) is 4.90 Å². The van der Waals surface area contributed by atoms with Crippen LogP contribution in [0.2, 0.25) is 0 Å². The van der Waals surface area contributed by atoms with Crippen molar-refractivity contribution in [3.05, 3.63) is 105 Å². The Balaban J connectivity index is 1.72. The third-order valence-corrected chi connectivity index (χ3v) is 4.48. The van der Waals surface area contributed by atoms with E-state index in [-0.39, 0.29) is 28.3 Å². The van der Waals surface area contributed by atoms with Gasteiger partial charge in [0.1, 0.15) is 0 Å². The van der Waals surface area contributed by atoms with E-state index >= 15 is 0 Å². The molecule has 0 saturated carbocycles. The van der Waals surface area contributed by atoms with Crippen molar-refractivity contribution < 1.29 is 19.3 Å². The lowest BCUT2D eigenvalue weighted by Crippen LogP contribution is -2.29. The molecule has 136 valence electrons. The Kier molecular flexibility index (Phi) is 4.04. The number of anilines is 1. The first-order chi connectivity index (χ1) is 13.5. The number of benzene rings is 3. The molecule has 0 aromatic heterocycles. The van der Waals surface area contributed by atoms with Gasteiger partial charge in [-0.05, 0) is 18.2 Å². The number of carbonyl (C=O) groups excluding carboxylic acids is 3. The molecule has 0 saturated heterocycles. The van der Waals surface area contributed by atoms with E-state index in [2.05, 4.69) is 0 Å². The number of nitro groups is 1. The van der Waals surface area contributed by atoms with Gasteiger partial charge in [-0.15, -0.1) is 0 Å². The first-order valence-corrected chi connectivity index (χ1v) is 8.34. The van der Waals surface area contributed by atoms with Gasteiger partial charge >= 0.3 is 0 Å². The molecular weight excluding hydrogens is 360 g/mol. The molecule has 0 atom stereocenters. The van der Waals surface area contributed by atoms with Crippen LogP contribution in [0.4, 0.5) is 11.4 Å². The number of rotatable bonds is 4. The van der Waals surface area contributed by atoms with Crippen molar-refractivity contribution in [3.8, 4) is 0 Å². The smallest absolute Gasteiger partial charge is 0.270 e. The zero-order valence-corrected chi connectivity index (χ0v) is 14.4. The second-order valence-electron chi connectivity index (χ2n) is 6.18. The van der Waals surface area contributed by atoms with Crippen molar-refractivity contribution in [2.45, 2.75) is 0 Å². The Labute approximate surface area is 159 Å². The summed E-state index contributed by atoms with van der Waals surface area (Å²) < 4.78 is 0. The van der Waals surface area contributed by atoms with Crippen molar-refractivity contribution in [3.63, 3.8) is 0 Å². The average Bonchev–Trinajstić information content (AvgIpc) is 2.98. The minimum Gasteiger partial charge on any atom is -0.289 e. The normalized spacial score (nSPS) is 12.8. The number of imide groups is 1. The summed E-state index contributed by atoms with van der Waals surface area (Å²) in [7, 11) is 0. The molecule has 28 heavy (non-hydrogen) atoms. The standard InChI is InChI=1S/C21H12N2O5/c24-19(13-5-2-1-3-6-13)14-7-4-8-15(11-14)22-20(25)17-10-9-16(23(27)28)12-18(17)21(22)26/h1-12H. The maximum absolute atomic E-state index is 12.7. The summed E-state index contributed by atoms with van der Waals surface area (Å²) in [5.41, 5.74) is 0.837. The molecule has 1 heterocycles. The Morgan fingerprint density at radius 1 is 0.786 bits per heavy atom. The second-order valence-corrected chi connectivity index (χ2v) is 6.18. The molecule has 0 bridgehead atoms. The van der Waals surface area contributed by atoms with Crippen molar-refractivity contribution in [2.75, 3.05) is 4.90 Å². The molecule has 2 amide bonds. The zero-order chi connectivity index (χ0) is 19.8. The van der Waals surface area contributed by atoms with E-state index in [0.717, 1.165) is 11.0 Å². The van der Waals surface area contributed by atoms with Gasteiger partial charge in [0.15, 0.2) is 5.78 Å². The van der Waals surface area contributed by atoms with Crippen molar-refractivity contribution in [2.24, 2.45) is 0 Å². The highest BCUT2D eigenvalue weighted by molar-refractivity contribution is 6.34. The lowest BCUT2D eigenvalue weighted by atomic mass is 10.0. The number of fused-ring (bicyclic) bond motifs is 1. The van der Waals surface area contributed by atoms with E-state index in [1.807, 2.05) is 0 Å². The minimum atomic E-state index is -0.659. The number of amides is 2. The molecule has 0 spiro atoms. The van der Waals surface area contributed by atoms with Crippen LogP contribution >= 0.6 is 0 Å². The van der Waals surface area contributed by atoms with E-state index in [4.69, 9.17) is 0 Å². The molecule has 1 aliphatic rings. The highest BCUT2D eigenvalue weighted by atomic mass is 16.6. The third-order valence-electron chi connectivity index (χ3n) is 4.48. The van der Waals surface area contributed by atoms with Gasteiger partial charge < -0.3 is 0 Å². The highest BCUT2D eigenvalue weighted by Crippen LogP contribution is 2.31. The molecule has 0 N–H and O–H groups in total. The number of non-ortho nitro benzene ring substituents is 1. The molecule has 3 aromatic rings. The van der Waals surface area contributed by atoms with Gasteiger partial charge in [-0.2, -0.15) is 0 Å². The summed E-state index contributed by atoms with van der Waals surface area (Å²) in [4.78, 5) is 49.3. The molecule has 0 radical (unpaired) electrons. The third kappa shape index (κ3) is 2.75. The SMILES string of the molecule is O=C(c1ccccc1)c1cccc(N2C(=O)c3ccc([N+](=O)[O-])cc3C2=O)c1. The first kappa shape index (κ1) is 17.3. The van der Waals surface area contributed by atoms with Crippen LogP contribution in [0.3, 0.4) is 0 Å². The van der Waals surface area contributed by atoms with Gasteiger partial charge in [0.25, 0.3) is 17.5 Å². The van der Waals surface area contributed by atoms with Gasteiger partial charge in [-0.1, -0.05) is 42.5 Å². The number of carbonyl (C=O) groups is 3. The summed E-state index contributed by atoms with van der Waals surface area (Å²) in [6, 6.07) is 18.4. The van der Waals surface area contributed by atoms with Crippen molar-refractivity contribution in [1.29, 1.82) is 0 Å². The van der Waals surface area contributed by atoms with E-state index in [1.165, 1.54) is 24.3 Å².